The SMILES string of the molecule is CN1C=CC(=O)C(NC(=O)N[C@@H](CC(=O)O)c2cccc(Cc3ccc(C(F)(F)F)cc3)c2)C1=O.[H-].[Na+]. The van der Waals surface area contributed by atoms with Crippen LogP contribution in [0.5, 0.6) is 0 Å². The van der Waals surface area contributed by atoms with Gasteiger partial charge in [-0.3, -0.25) is 14.4 Å². The van der Waals surface area contributed by atoms with Crippen LogP contribution in [0.4, 0.5) is 18.0 Å². The van der Waals surface area contributed by atoms with Crippen LogP contribution < -0.4 is 40.2 Å². The topological polar surface area (TPSA) is 116 Å². The van der Waals surface area contributed by atoms with Gasteiger partial charge in [-0.1, -0.05) is 36.4 Å². The van der Waals surface area contributed by atoms with Gasteiger partial charge in [0.05, 0.1) is 18.0 Å². The number of likely N-dealkylation sites (N-methyl/N-ethyl adjacent to an activating group) is 1. The van der Waals surface area contributed by atoms with Gasteiger partial charge in [0.25, 0.3) is 5.91 Å². The van der Waals surface area contributed by atoms with E-state index < -0.39 is 53.9 Å². The van der Waals surface area contributed by atoms with Crippen molar-refractivity contribution in [1.82, 2.24) is 15.5 Å². The van der Waals surface area contributed by atoms with Crippen molar-refractivity contribution in [2.24, 2.45) is 0 Å². The molecule has 2 aromatic carbocycles. The van der Waals surface area contributed by atoms with E-state index in [2.05, 4.69) is 10.6 Å². The summed E-state index contributed by atoms with van der Waals surface area (Å²) in [6, 6.07) is 7.95. The van der Waals surface area contributed by atoms with Crippen molar-refractivity contribution in [1.29, 1.82) is 0 Å². The van der Waals surface area contributed by atoms with Gasteiger partial charge in [-0.2, -0.15) is 13.2 Å². The number of halogens is 3. The minimum atomic E-state index is -4.44. The maximum atomic E-state index is 12.8. The molecule has 0 saturated carbocycles. The zero-order valence-corrected chi connectivity index (χ0v) is 21.5. The molecule has 0 aliphatic carbocycles. The zero-order valence-electron chi connectivity index (χ0n) is 20.5. The molecule has 3 amide bonds. The molecule has 1 heterocycles. The molecule has 186 valence electrons. The Labute approximate surface area is 228 Å². The van der Waals surface area contributed by atoms with Gasteiger partial charge >= 0.3 is 47.7 Å². The van der Waals surface area contributed by atoms with Gasteiger partial charge in [0, 0.05) is 19.3 Å². The van der Waals surface area contributed by atoms with E-state index in [1.54, 1.807) is 24.3 Å². The Kier molecular flexibility index (Phi) is 9.85. The summed E-state index contributed by atoms with van der Waals surface area (Å²) in [6.07, 6.45) is -2.22. The van der Waals surface area contributed by atoms with E-state index in [1.165, 1.54) is 25.4 Å². The van der Waals surface area contributed by atoms with Gasteiger partial charge in [-0.25, -0.2) is 4.79 Å². The third kappa shape index (κ3) is 7.67. The van der Waals surface area contributed by atoms with E-state index in [1.807, 2.05) is 0 Å². The Hall–Kier alpha value is -3.15. The Morgan fingerprint density at radius 3 is 2.39 bits per heavy atom. The molecule has 2 atom stereocenters. The smallest absolute Gasteiger partial charge is 1.00 e. The summed E-state index contributed by atoms with van der Waals surface area (Å²) >= 11 is 0. The first kappa shape index (κ1) is 29.1. The van der Waals surface area contributed by atoms with Gasteiger partial charge in [0.15, 0.2) is 11.8 Å². The summed E-state index contributed by atoms with van der Waals surface area (Å²) in [6.45, 7) is 0. The number of urea groups is 1. The molecule has 8 nitrogen and oxygen atoms in total. The minimum absolute atomic E-state index is 0. The van der Waals surface area contributed by atoms with Crippen LogP contribution in [0.2, 0.25) is 0 Å². The Morgan fingerprint density at radius 2 is 1.78 bits per heavy atom. The van der Waals surface area contributed by atoms with E-state index in [9.17, 15) is 37.5 Å². The molecule has 0 radical (unpaired) electrons. The third-order valence-corrected chi connectivity index (χ3v) is 5.34. The molecule has 0 aromatic heterocycles. The van der Waals surface area contributed by atoms with E-state index in [0.717, 1.165) is 23.1 Å². The summed E-state index contributed by atoms with van der Waals surface area (Å²) in [7, 11) is 1.42. The molecule has 1 unspecified atom stereocenters. The van der Waals surface area contributed by atoms with E-state index in [-0.39, 0.29) is 37.4 Å². The number of amides is 3. The predicted molar refractivity (Wildman–Crippen MR) is 119 cm³/mol. The fourth-order valence-electron chi connectivity index (χ4n) is 3.54. The number of hydrogen-bond donors (Lipinski definition) is 3. The molecule has 3 rings (SSSR count). The first-order valence-corrected chi connectivity index (χ1v) is 10.5. The van der Waals surface area contributed by atoms with Crippen molar-refractivity contribution in [3.8, 4) is 0 Å². The average molecular weight is 513 g/mol. The second-order valence-corrected chi connectivity index (χ2v) is 7.99. The molecule has 2 aromatic rings. The van der Waals surface area contributed by atoms with Crippen LogP contribution in [-0.4, -0.2) is 46.8 Å². The van der Waals surface area contributed by atoms with E-state index >= 15 is 0 Å². The van der Waals surface area contributed by atoms with Crippen molar-refractivity contribution < 1.29 is 68.4 Å². The molecular weight excluding hydrogens is 490 g/mol. The quantitative estimate of drug-likeness (QED) is 0.360. The predicted octanol–water partition coefficient (Wildman–Crippen LogP) is 0.151. The van der Waals surface area contributed by atoms with Gasteiger partial charge < -0.3 is 22.1 Å². The number of carboxylic acids is 1. The number of alkyl halides is 3. The van der Waals surface area contributed by atoms with Crippen LogP contribution in [0.25, 0.3) is 0 Å². The van der Waals surface area contributed by atoms with Crippen LogP contribution in [0, 0.1) is 0 Å². The Bertz CT molecular complexity index is 1170. The zero-order chi connectivity index (χ0) is 25.8. The molecule has 36 heavy (non-hydrogen) atoms. The monoisotopic (exact) mass is 513 g/mol. The number of aliphatic carboxylic acids is 1. The normalized spacial score (nSPS) is 16.2. The van der Waals surface area contributed by atoms with E-state index in [4.69, 9.17) is 0 Å². The molecule has 0 saturated heterocycles. The molecule has 0 bridgehead atoms. The second kappa shape index (κ2) is 12.2. The number of nitrogens with zero attached hydrogens (tertiary/aromatic N) is 1. The Balaban J connectivity index is 0.00000342. The number of carbonyl (C=O) groups excluding carboxylic acids is 3. The number of carbonyl (C=O) groups is 4. The van der Waals surface area contributed by atoms with Crippen molar-refractivity contribution in [3.05, 3.63) is 83.1 Å². The molecule has 3 N–H and O–H groups in total. The van der Waals surface area contributed by atoms with Crippen LogP contribution in [0.3, 0.4) is 0 Å². The summed E-state index contributed by atoms with van der Waals surface area (Å²) in [5, 5.41) is 14.1. The number of benzene rings is 2. The molecule has 1 aliphatic rings. The molecule has 12 heteroatoms. The first-order valence-electron chi connectivity index (χ1n) is 10.5. The third-order valence-electron chi connectivity index (χ3n) is 5.34. The van der Waals surface area contributed by atoms with Crippen molar-refractivity contribution >= 4 is 23.7 Å². The largest absolute Gasteiger partial charge is 1.00 e. The first-order chi connectivity index (χ1) is 16.4. The molecule has 1 aliphatic heterocycles. The number of hydrogen-bond acceptors (Lipinski definition) is 4. The number of rotatable bonds is 7. The fourth-order valence-corrected chi connectivity index (χ4v) is 3.54. The summed E-state index contributed by atoms with van der Waals surface area (Å²) in [5.74, 6) is -2.45. The molecule has 0 fully saturated rings. The number of nitrogens with one attached hydrogen (secondary N) is 2. The van der Waals surface area contributed by atoms with Gasteiger partial charge in [-0.15, -0.1) is 0 Å². The van der Waals surface area contributed by atoms with Crippen molar-refractivity contribution in [2.45, 2.75) is 31.1 Å². The van der Waals surface area contributed by atoms with Gasteiger partial charge in [0.1, 0.15) is 0 Å². The average Bonchev–Trinajstić information content (AvgIpc) is 2.78. The second-order valence-electron chi connectivity index (χ2n) is 7.99. The van der Waals surface area contributed by atoms with Gasteiger partial charge in [-0.05, 0) is 35.2 Å². The summed E-state index contributed by atoms with van der Waals surface area (Å²) in [5.41, 5.74) is 0.972. The van der Waals surface area contributed by atoms with Crippen LogP contribution in [0.15, 0.2) is 60.8 Å². The maximum absolute atomic E-state index is 12.8. The van der Waals surface area contributed by atoms with Crippen LogP contribution >= 0.6 is 0 Å². The van der Waals surface area contributed by atoms with Crippen molar-refractivity contribution in [3.63, 3.8) is 0 Å². The Morgan fingerprint density at radius 1 is 1.11 bits per heavy atom. The standard InChI is InChI=1S/C24H22F3N3O5.Na.H/c1-30-10-9-19(31)21(22(30)34)29-23(35)28-18(13-20(32)33)16-4-2-3-15(12-16)11-14-5-7-17(8-6-14)24(25,26)27;;/h2-10,12,18,21H,11,13H2,1H3,(H,32,33)(H2,28,29,35);;/q;+1;-1/t18-,21?;;/m0../s1. The number of ketones is 1. The molecular formula is C24H23F3N3NaO5. The molecule has 0 spiro atoms. The van der Waals surface area contributed by atoms with Crippen LogP contribution in [0.1, 0.15) is 36.1 Å². The number of carboxylic acid groups (broad SMARTS) is 1. The minimum Gasteiger partial charge on any atom is -1.00 e. The van der Waals surface area contributed by atoms with Crippen LogP contribution in [-0.2, 0) is 27.0 Å². The van der Waals surface area contributed by atoms with Gasteiger partial charge in [0.2, 0.25) is 0 Å². The van der Waals surface area contributed by atoms with E-state index in [0.29, 0.717) is 16.7 Å². The maximum Gasteiger partial charge on any atom is 1.00 e. The summed E-state index contributed by atoms with van der Waals surface area (Å²) in [4.78, 5) is 49.2. The van der Waals surface area contributed by atoms with Crippen molar-refractivity contribution in [2.75, 3.05) is 7.05 Å². The fraction of sp³-hybridized carbons (Fsp3) is 0.250. The summed E-state index contributed by atoms with van der Waals surface area (Å²) < 4.78 is 38.3.